The molecule has 1 nitrogen and oxygen atoms in total. The summed E-state index contributed by atoms with van der Waals surface area (Å²) in [4.78, 5) is 0. The van der Waals surface area contributed by atoms with Crippen molar-refractivity contribution < 1.29 is 26.7 Å². The summed E-state index contributed by atoms with van der Waals surface area (Å²) < 4.78 is 75.0. The molecule has 2 aromatic carbocycles. The molecule has 0 aliphatic heterocycles. The number of hydrogen-bond acceptors (Lipinski definition) is 1. The van der Waals surface area contributed by atoms with E-state index in [0.29, 0.717) is 24.1 Å². The number of benzene rings is 2. The van der Waals surface area contributed by atoms with Crippen LogP contribution in [-0.4, -0.2) is 0 Å². The monoisotopic (exact) mass is 424 g/mol. The molecule has 0 N–H and O–H groups in total. The summed E-state index contributed by atoms with van der Waals surface area (Å²) in [5, 5.41) is 0. The van der Waals surface area contributed by atoms with Crippen molar-refractivity contribution in [3.05, 3.63) is 77.1 Å². The molecular formula is C24H25F5O. The molecule has 3 rings (SSSR count). The SMILES string of the molecule is C=CCC(C)c1ccc(C(F)(F)Oc2cc(F)c(F)c(F)c2)c(C2CCCCC2)c1. The van der Waals surface area contributed by atoms with E-state index in [1.807, 2.05) is 6.92 Å². The molecule has 162 valence electrons. The summed E-state index contributed by atoms with van der Waals surface area (Å²) in [6.07, 6.45) is 3.24. The number of allylic oxidation sites excluding steroid dienone is 1. The predicted molar refractivity (Wildman–Crippen MR) is 106 cm³/mol. The standard InChI is InChI=1S/C24H25F5O/c1-3-7-15(2)17-10-11-20(19(12-17)16-8-5-4-6-9-16)24(28,29)30-18-13-21(25)23(27)22(26)14-18/h3,10-16H,1,4-9H2,2H3. The Balaban J connectivity index is 2.00. The van der Waals surface area contributed by atoms with Crippen LogP contribution in [-0.2, 0) is 6.11 Å². The fraction of sp³-hybridized carbons (Fsp3) is 0.417. The summed E-state index contributed by atoms with van der Waals surface area (Å²) in [7, 11) is 0. The Hall–Kier alpha value is -2.37. The molecule has 0 aromatic heterocycles. The molecule has 1 saturated carbocycles. The van der Waals surface area contributed by atoms with Crippen molar-refractivity contribution in [2.75, 3.05) is 0 Å². The zero-order valence-corrected chi connectivity index (χ0v) is 16.9. The maximum atomic E-state index is 15.1. The molecule has 0 spiro atoms. The van der Waals surface area contributed by atoms with Gasteiger partial charge in [-0.25, -0.2) is 13.2 Å². The third kappa shape index (κ3) is 4.85. The van der Waals surface area contributed by atoms with Crippen molar-refractivity contribution in [3.8, 4) is 5.75 Å². The molecule has 0 radical (unpaired) electrons. The lowest BCUT2D eigenvalue weighted by molar-refractivity contribution is -0.186. The Morgan fingerprint density at radius 2 is 1.70 bits per heavy atom. The Kier molecular flexibility index (Phi) is 6.84. The largest absolute Gasteiger partial charge is 0.429 e. The third-order valence-corrected chi connectivity index (χ3v) is 5.73. The molecule has 30 heavy (non-hydrogen) atoms. The van der Waals surface area contributed by atoms with Crippen LogP contribution in [0.1, 0.15) is 74.0 Å². The molecule has 1 fully saturated rings. The fourth-order valence-corrected chi connectivity index (χ4v) is 4.08. The fourth-order valence-electron chi connectivity index (χ4n) is 4.08. The van der Waals surface area contributed by atoms with Crippen LogP contribution < -0.4 is 4.74 Å². The maximum Gasteiger partial charge on any atom is 0.426 e. The van der Waals surface area contributed by atoms with Gasteiger partial charge >= 0.3 is 6.11 Å². The van der Waals surface area contributed by atoms with Gasteiger partial charge in [-0.1, -0.05) is 44.4 Å². The average Bonchev–Trinajstić information content (AvgIpc) is 2.72. The number of halogens is 5. The first-order valence-corrected chi connectivity index (χ1v) is 10.2. The normalized spacial score (nSPS) is 16.3. The first-order valence-electron chi connectivity index (χ1n) is 10.2. The van der Waals surface area contributed by atoms with Crippen molar-refractivity contribution in [2.24, 2.45) is 0 Å². The van der Waals surface area contributed by atoms with E-state index in [1.54, 1.807) is 18.2 Å². The van der Waals surface area contributed by atoms with Crippen molar-refractivity contribution in [1.82, 2.24) is 0 Å². The molecule has 1 aliphatic rings. The molecule has 0 amide bonds. The molecule has 2 aromatic rings. The van der Waals surface area contributed by atoms with Gasteiger partial charge in [-0.15, -0.1) is 6.58 Å². The lowest BCUT2D eigenvalue weighted by atomic mass is 9.80. The molecular weight excluding hydrogens is 399 g/mol. The predicted octanol–water partition coefficient (Wildman–Crippen LogP) is 7.96. The Morgan fingerprint density at radius 1 is 1.07 bits per heavy atom. The van der Waals surface area contributed by atoms with Crippen LogP contribution in [0, 0.1) is 17.5 Å². The van der Waals surface area contributed by atoms with Crippen LogP contribution in [0.2, 0.25) is 0 Å². The smallest absolute Gasteiger partial charge is 0.426 e. The highest BCUT2D eigenvalue weighted by atomic mass is 19.3. The first-order chi connectivity index (χ1) is 14.2. The summed E-state index contributed by atoms with van der Waals surface area (Å²) >= 11 is 0. The number of hydrogen-bond donors (Lipinski definition) is 0. The van der Waals surface area contributed by atoms with Crippen LogP contribution in [0.25, 0.3) is 0 Å². The summed E-state index contributed by atoms with van der Waals surface area (Å²) in [5.41, 5.74) is 1.10. The van der Waals surface area contributed by atoms with E-state index in [0.717, 1.165) is 37.7 Å². The number of ether oxygens (including phenoxy) is 1. The second-order valence-corrected chi connectivity index (χ2v) is 7.93. The van der Waals surface area contributed by atoms with Gasteiger partial charge in [0.1, 0.15) is 5.75 Å². The summed E-state index contributed by atoms with van der Waals surface area (Å²) in [5.74, 6) is -5.58. The van der Waals surface area contributed by atoms with Gasteiger partial charge in [0.2, 0.25) is 0 Å². The molecule has 1 unspecified atom stereocenters. The summed E-state index contributed by atoms with van der Waals surface area (Å²) in [6, 6.07) is 5.59. The van der Waals surface area contributed by atoms with Gasteiger partial charge < -0.3 is 4.74 Å². The van der Waals surface area contributed by atoms with Crippen molar-refractivity contribution in [1.29, 1.82) is 0 Å². The van der Waals surface area contributed by atoms with E-state index in [4.69, 9.17) is 0 Å². The topological polar surface area (TPSA) is 9.23 Å². The van der Waals surface area contributed by atoms with Crippen molar-refractivity contribution in [2.45, 2.75) is 63.4 Å². The van der Waals surface area contributed by atoms with Gasteiger partial charge in [-0.05, 0) is 48.3 Å². The van der Waals surface area contributed by atoms with Gasteiger partial charge in [-0.3, -0.25) is 0 Å². The Bertz CT molecular complexity index is 879. The van der Waals surface area contributed by atoms with Gasteiger partial charge in [-0.2, -0.15) is 8.78 Å². The van der Waals surface area contributed by atoms with Crippen LogP contribution in [0.5, 0.6) is 5.75 Å². The molecule has 0 heterocycles. The molecule has 1 atom stereocenters. The zero-order valence-electron chi connectivity index (χ0n) is 16.9. The molecule has 6 heteroatoms. The summed E-state index contributed by atoms with van der Waals surface area (Å²) in [6.45, 7) is 5.73. The Labute approximate surface area is 173 Å². The number of alkyl halides is 2. The first kappa shape index (κ1) is 22.3. The van der Waals surface area contributed by atoms with E-state index < -0.39 is 29.3 Å². The van der Waals surface area contributed by atoms with Crippen molar-refractivity contribution in [3.63, 3.8) is 0 Å². The minimum Gasteiger partial charge on any atom is -0.429 e. The van der Waals surface area contributed by atoms with Crippen LogP contribution in [0.4, 0.5) is 22.0 Å². The van der Waals surface area contributed by atoms with E-state index in [2.05, 4.69) is 11.3 Å². The van der Waals surface area contributed by atoms with Gasteiger partial charge in [0.05, 0.1) is 5.56 Å². The van der Waals surface area contributed by atoms with Crippen LogP contribution >= 0.6 is 0 Å². The number of rotatable bonds is 7. The molecule has 0 saturated heterocycles. The van der Waals surface area contributed by atoms with Crippen LogP contribution in [0.15, 0.2) is 43.0 Å². The zero-order chi connectivity index (χ0) is 21.9. The Morgan fingerprint density at radius 3 is 2.30 bits per heavy atom. The van der Waals surface area contributed by atoms with E-state index in [9.17, 15) is 13.2 Å². The van der Waals surface area contributed by atoms with Gasteiger partial charge in [0, 0.05) is 12.1 Å². The average molecular weight is 424 g/mol. The lowest BCUT2D eigenvalue weighted by Gasteiger charge is -2.28. The van der Waals surface area contributed by atoms with Crippen LogP contribution in [0.3, 0.4) is 0 Å². The second-order valence-electron chi connectivity index (χ2n) is 7.93. The van der Waals surface area contributed by atoms with Crippen molar-refractivity contribution >= 4 is 0 Å². The lowest BCUT2D eigenvalue weighted by Crippen LogP contribution is -2.25. The minimum absolute atomic E-state index is 0.0409. The molecule has 1 aliphatic carbocycles. The van der Waals surface area contributed by atoms with E-state index in [-0.39, 0.29) is 17.4 Å². The highest BCUT2D eigenvalue weighted by molar-refractivity contribution is 5.39. The van der Waals surface area contributed by atoms with Gasteiger partial charge in [0.25, 0.3) is 0 Å². The van der Waals surface area contributed by atoms with E-state index >= 15 is 8.78 Å². The third-order valence-electron chi connectivity index (χ3n) is 5.73. The minimum atomic E-state index is -3.83. The molecule has 0 bridgehead atoms. The second kappa shape index (κ2) is 9.19. The maximum absolute atomic E-state index is 15.1. The van der Waals surface area contributed by atoms with E-state index in [1.165, 1.54) is 6.07 Å². The highest BCUT2D eigenvalue weighted by Crippen LogP contribution is 2.42. The van der Waals surface area contributed by atoms with Gasteiger partial charge in [0.15, 0.2) is 17.5 Å². The quantitative estimate of drug-likeness (QED) is 0.249. The highest BCUT2D eigenvalue weighted by Gasteiger charge is 2.39.